The molecule has 0 spiro atoms. The molecule has 0 fully saturated rings. The first-order valence-corrected chi connectivity index (χ1v) is 27.5. The summed E-state index contributed by atoms with van der Waals surface area (Å²) in [6.45, 7) is 17.1. The van der Waals surface area contributed by atoms with Crippen LogP contribution in [0, 0.1) is 0 Å². The Morgan fingerprint density at radius 2 is 0.667 bits per heavy atom. The minimum atomic E-state index is -2.10. The first-order chi connectivity index (χ1) is 16.1. The molecule has 33 heavy (non-hydrogen) atoms. The van der Waals surface area contributed by atoms with Gasteiger partial charge in [0.2, 0.25) is 0 Å². The number of hydrogen-bond donors (Lipinski definition) is 0. The summed E-state index contributed by atoms with van der Waals surface area (Å²) >= 11 is -4.20. The fraction of sp³-hybridized carbons (Fsp3) is 0.935. The second kappa shape index (κ2) is 22.5. The van der Waals surface area contributed by atoms with Crippen LogP contribution in [0.5, 0.6) is 0 Å². The summed E-state index contributed by atoms with van der Waals surface area (Å²) in [5, 5.41) is 0. The maximum absolute atomic E-state index is 3.04. The van der Waals surface area contributed by atoms with Crippen molar-refractivity contribution in [3.8, 4) is 0 Å². The van der Waals surface area contributed by atoms with Crippen molar-refractivity contribution in [3.05, 3.63) is 7.75 Å². The van der Waals surface area contributed by atoms with Crippen LogP contribution in [-0.2, 0) is 0 Å². The third kappa shape index (κ3) is 13.4. The second-order valence-electron chi connectivity index (χ2n) is 10.5. The Hall–Kier alpha value is 1.32. The van der Waals surface area contributed by atoms with Crippen molar-refractivity contribution in [2.45, 2.75) is 178 Å². The van der Waals surface area contributed by atoms with Gasteiger partial charge < -0.3 is 0 Å². The van der Waals surface area contributed by atoms with E-state index in [9.17, 15) is 0 Å². The monoisotopic (exact) mass is 698 g/mol. The molecule has 0 aromatic heterocycles. The van der Waals surface area contributed by atoms with E-state index in [1.807, 2.05) is 0 Å². The summed E-state index contributed by atoms with van der Waals surface area (Å²) in [5.74, 6) is 0. The van der Waals surface area contributed by atoms with Crippen molar-refractivity contribution in [2.24, 2.45) is 0 Å². The predicted molar refractivity (Wildman–Crippen MR) is 162 cm³/mol. The van der Waals surface area contributed by atoms with Gasteiger partial charge in [-0.3, -0.25) is 0 Å². The molecule has 0 saturated heterocycles. The Morgan fingerprint density at radius 3 is 0.909 bits per heavy atom. The summed E-state index contributed by atoms with van der Waals surface area (Å²) in [7, 11) is 0. The summed E-state index contributed by atoms with van der Waals surface area (Å²) in [5.41, 5.74) is 0. The molecule has 202 valence electrons. The zero-order chi connectivity index (χ0) is 24.8. The molecule has 0 N–H and O–H groups in total. The van der Waals surface area contributed by atoms with E-state index in [0.717, 1.165) is 0 Å². The standard InChI is InChI=1S/C31H66Te2/c1-8-15-22-23-24-31(32(25-16-9-2,26-17-10-3)27-18-11-4)33(28-19-12-5,29-20-13-6)30-21-14-7/h24H,8-23,25-30H2,1-7H3. The SMILES string of the molecule is CCCCCC=C([Te](CCCC)(CCCC)CCCC)[Te](CCCC)(CCCC)CCCC. The molecule has 0 heterocycles. The molecule has 0 nitrogen and oxygen atoms in total. The molecule has 0 aromatic rings. The third-order valence-electron chi connectivity index (χ3n) is 7.30. The molecule has 0 aliphatic carbocycles. The van der Waals surface area contributed by atoms with Crippen molar-refractivity contribution in [1.29, 1.82) is 0 Å². The Balaban J connectivity index is 6.70. The summed E-state index contributed by atoms with van der Waals surface area (Å²) in [6, 6.07) is 0. The van der Waals surface area contributed by atoms with Crippen LogP contribution in [0.2, 0.25) is 26.8 Å². The maximum atomic E-state index is 3.04. The van der Waals surface area contributed by atoms with Crippen LogP contribution in [-0.4, -0.2) is 36.4 Å². The molecule has 0 aromatic carbocycles. The molecule has 2 heteroatoms. The molecular weight excluding hydrogens is 628 g/mol. The molecular formula is C31H66Te2. The van der Waals surface area contributed by atoms with Gasteiger partial charge in [0.25, 0.3) is 0 Å². The topological polar surface area (TPSA) is 0 Å². The van der Waals surface area contributed by atoms with E-state index in [1.165, 1.54) is 103 Å². The average molecular weight is 694 g/mol. The minimum absolute atomic E-state index is 1.37. The average Bonchev–Trinajstić information content (AvgIpc) is 2.84. The van der Waals surface area contributed by atoms with Crippen molar-refractivity contribution in [1.82, 2.24) is 0 Å². The van der Waals surface area contributed by atoms with Gasteiger partial charge in [-0.15, -0.1) is 0 Å². The molecule has 0 unspecified atom stereocenters. The fourth-order valence-electron chi connectivity index (χ4n) is 5.08. The molecule has 0 rings (SSSR count). The first-order valence-electron chi connectivity index (χ1n) is 15.3. The fourth-order valence-corrected chi connectivity index (χ4v) is 55.2. The Labute approximate surface area is 220 Å². The van der Waals surface area contributed by atoms with E-state index in [4.69, 9.17) is 0 Å². The summed E-state index contributed by atoms with van der Waals surface area (Å²) < 4.78 is 12.4. The molecule has 0 saturated carbocycles. The van der Waals surface area contributed by atoms with E-state index < -0.39 is 36.4 Å². The van der Waals surface area contributed by atoms with Crippen molar-refractivity contribution in [2.75, 3.05) is 0 Å². The summed E-state index contributed by atoms with van der Waals surface area (Å²) in [6.07, 6.45) is 26.3. The van der Waals surface area contributed by atoms with E-state index in [-0.39, 0.29) is 0 Å². The van der Waals surface area contributed by atoms with Gasteiger partial charge >= 0.3 is 222 Å². The van der Waals surface area contributed by atoms with E-state index in [1.54, 1.807) is 26.8 Å². The van der Waals surface area contributed by atoms with Gasteiger partial charge in [0.15, 0.2) is 0 Å². The van der Waals surface area contributed by atoms with E-state index in [0.29, 0.717) is 0 Å². The molecule has 0 bridgehead atoms. The Kier molecular flexibility index (Phi) is 23.4. The van der Waals surface area contributed by atoms with Crippen LogP contribution in [0.25, 0.3) is 0 Å². The molecule has 0 aliphatic rings. The molecule has 0 aliphatic heterocycles. The zero-order valence-corrected chi connectivity index (χ0v) is 29.1. The zero-order valence-electron chi connectivity index (χ0n) is 24.5. The van der Waals surface area contributed by atoms with Gasteiger partial charge in [-0.25, -0.2) is 0 Å². The second-order valence-corrected chi connectivity index (χ2v) is 34.4. The van der Waals surface area contributed by atoms with Gasteiger partial charge in [0.05, 0.1) is 0 Å². The number of allylic oxidation sites excluding steroid dienone is 1. The van der Waals surface area contributed by atoms with Gasteiger partial charge in [-0.2, -0.15) is 0 Å². The number of unbranched alkanes of at least 4 members (excludes halogenated alkanes) is 9. The predicted octanol–water partition coefficient (Wildman–Crippen LogP) is 12.3. The number of rotatable bonds is 24. The van der Waals surface area contributed by atoms with Gasteiger partial charge in [0, 0.05) is 0 Å². The van der Waals surface area contributed by atoms with Crippen LogP contribution in [0.4, 0.5) is 0 Å². The number of hydrogen-bond acceptors (Lipinski definition) is 0. The van der Waals surface area contributed by atoms with Gasteiger partial charge in [-0.1, -0.05) is 0 Å². The molecule has 0 radical (unpaired) electrons. The van der Waals surface area contributed by atoms with Crippen LogP contribution in [0.1, 0.15) is 151 Å². The normalized spacial score (nSPS) is 13.3. The van der Waals surface area contributed by atoms with Crippen molar-refractivity contribution >= 4 is 36.4 Å². The van der Waals surface area contributed by atoms with E-state index >= 15 is 0 Å². The van der Waals surface area contributed by atoms with Gasteiger partial charge in [0.1, 0.15) is 0 Å². The third-order valence-corrected chi connectivity index (χ3v) is 45.0. The van der Waals surface area contributed by atoms with Crippen molar-refractivity contribution in [3.63, 3.8) is 0 Å². The van der Waals surface area contributed by atoms with Crippen LogP contribution in [0.3, 0.4) is 0 Å². The quantitative estimate of drug-likeness (QED) is 0.0697. The van der Waals surface area contributed by atoms with Gasteiger partial charge in [-0.05, 0) is 0 Å². The summed E-state index contributed by atoms with van der Waals surface area (Å²) in [4.78, 5) is 0. The molecule has 0 atom stereocenters. The Bertz CT molecular complexity index is 376. The van der Waals surface area contributed by atoms with Crippen LogP contribution in [0.15, 0.2) is 7.75 Å². The Morgan fingerprint density at radius 1 is 0.394 bits per heavy atom. The van der Waals surface area contributed by atoms with Crippen LogP contribution >= 0.6 is 0 Å². The van der Waals surface area contributed by atoms with Crippen LogP contribution < -0.4 is 0 Å². The van der Waals surface area contributed by atoms with Crippen molar-refractivity contribution < 1.29 is 0 Å². The first kappa shape index (κ1) is 34.3. The van der Waals surface area contributed by atoms with E-state index in [2.05, 4.69) is 56.2 Å². The molecule has 0 amide bonds.